The zero-order valence-electron chi connectivity index (χ0n) is 18.8. The number of hydrogen-bond acceptors (Lipinski definition) is 6. The molecule has 3 fully saturated rings. The lowest BCUT2D eigenvalue weighted by atomic mass is 9.86. The van der Waals surface area contributed by atoms with Crippen molar-refractivity contribution in [3.05, 3.63) is 23.8 Å². The highest BCUT2D eigenvalue weighted by atomic mass is 16.5. The molecular weight excluding hydrogens is 412 g/mol. The lowest BCUT2D eigenvalue weighted by Crippen LogP contribution is -2.34. The van der Waals surface area contributed by atoms with E-state index in [1.165, 1.54) is 0 Å². The zero-order valence-corrected chi connectivity index (χ0v) is 18.8. The highest BCUT2D eigenvalue weighted by Gasteiger charge is 2.44. The average molecular weight is 445 g/mol. The van der Waals surface area contributed by atoms with E-state index in [4.69, 9.17) is 9.47 Å². The number of nitrogens with one attached hydrogen (secondary N) is 2. The van der Waals surface area contributed by atoms with Crippen LogP contribution in [0.25, 0.3) is 0 Å². The van der Waals surface area contributed by atoms with Crippen LogP contribution in [-0.4, -0.2) is 80.6 Å². The minimum Gasteiger partial charge on any atom is -0.493 e. The smallest absolute Gasteiger partial charge is 0.322 e. The van der Waals surface area contributed by atoms with Gasteiger partial charge in [0.2, 0.25) is 0 Å². The van der Waals surface area contributed by atoms with Crippen LogP contribution < -0.4 is 20.1 Å². The van der Waals surface area contributed by atoms with Gasteiger partial charge in [-0.3, -0.25) is 14.9 Å². The summed E-state index contributed by atoms with van der Waals surface area (Å²) in [6, 6.07) is 4.53. The third-order valence-corrected chi connectivity index (χ3v) is 6.95. The zero-order chi connectivity index (χ0) is 22.7. The number of benzene rings is 1. The summed E-state index contributed by atoms with van der Waals surface area (Å²) in [5.74, 6) is 0.997. The fourth-order valence-electron chi connectivity index (χ4n) is 5.16. The van der Waals surface area contributed by atoms with Crippen LogP contribution in [0.3, 0.4) is 0 Å². The van der Waals surface area contributed by atoms with E-state index in [1.807, 2.05) is 4.90 Å². The third kappa shape index (κ3) is 4.67. The summed E-state index contributed by atoms with van der Waals surface area (Å²) >= 11 is 0. The molecule has 0 radical (unpaired) electrons. The molecule has 2 unspecified atom stereocenters. The van der Waals surface area contributed by atoms with Crippen LogP contribution in [0, 0.1) is 5.41 Å². The molecule has 4 amide bonds. The minimum absolute atomic E-state index is 0.0400. The number of urea groups is 1. The lowest BCUT2D eigenvalue weighted by molar-refractivity contribution is -0.120. The van der Waals surface area contributed by atoms with Crippen LogP contribution >= 0.6 is 0 Å². The van der Waals surface area contributed by atoms with E-state index in [-0.39, 0.29) is 17.2 Å². The molecule has 9 nitrogen and oxygen atoms in total. The molecule has 1 aromatic carbocycles. The van der Waals surface area contributed by atoms with Crippen LogP contribution in [-0.2, 0) is 4.79 Å². The van der Waals surface area contributed by atoms with Crippen molar-refractivity contribution in [1.82, 2.24) is 20.4 Å². The Morgan fingerprint density at radius 3 is 2.59 bits per heavy atom. The van der Waals surface area contributed by atoms with Crippen LogP contribution in [0.4, 0.5) is 4.79 Å². The van der Waals surface area contributed by atoms with E-state index in [0.717, 1.165) is 58.4 Å². The Hall–Kier alpha value is -2.81. The summed E-state index contributed by atoms with van der Waals surface area (Å²) in [5.41, 5.74) is 0.795. The van der Waals surface area contributed by atoms with Gasteiger partial charge < -0.3 is 24.6 Å². The van der Waals surface area contributed by atoms with Gasteiger partial charge in [-0.15, -0.1) is 0 Å². The van der Waals surface area contributed by atoms with Gasteiger partial charge in [0.05, 0.1) is 14.2 Å². The summed E-state index contributed by atoms with van der Waals surface area (Å²) in [6.07, 6.45) is 4.68. The van der Waals surface area contributed by atoms with Gasteiger partial charge in [-0.2, -0.15) is 0 Å². The molecule has 2 N–H and O–H groups in total. The number of nitrogens with zero attached hydrogens (tertiary/aromatic N) is 2. The van der Waals surface area contributed by atoms with Crippen molar-refractivity contribution in [2.75, 3.05) is 46.9 Å². The largest absolute Gasteiger partial charge is 0.493 e. The quantitative estimate of drug-likeness (QED) is 0.467. The van der Waals surface area contributed by atoms with E-state index < -0.39 is 12.1 Å². The molecule has 0 aromatic heterocycles. The van der Waals surface area contributed by atoms with Gasteiger partial charge in [0.25, 0.3) is 11.8 Å². The molecule has 1 spiro atoms. The average Bonchev–Trinajstić information content (AvgIpc) is 3.49. The van der Waals surface area contributed by atoms with Crippen molar-refractivity contribution >= 4 is 17.8 Å². The highest BCUT2D eigenvalue weighted by Crippen LogP contribution is 2.40. The van der Waals surface area contributed by atoms with Crippen molar-refractivity contribution in [3.63, 3.8) is 0 Å². The Morgan fingerprint density at radius 1 is 1.09 bits per heavy atom. The van der Waals surface area contributed by atoms with E-state index in [1.54, 1.807) is 32.4 Å². The molecule has 0 saturated carbocycles. The normalized spacial score (nSPS) is 25.3. The second-order valence-electron chi connectivity index (χ2n) is 9.08. The Kier molecular flexibility index (Phi) is 6.55. The second kappa shape index (κ2) is 9.36. The summed E-state index contributed by atoms with van der Waals surface area (Å²) in [6.45, 7) is 4.58. The Balaban J connectivity index is 1.25. The third-order valence-electron chi connectivity index (χ3n) is 6.95. The second-order valence-corrected chi connectivity index (χ2v) is 9.08. The predicted molar refractivity (Wildman–Crippen MR) is 118 cm³/mol. The molecule has 0 bridgehead atoms. The van der Waals surface area contributed by atoms with Gasteiger partial charge in [-0.25, -0.2) is 4.79 Å². The van der Waals surface area contributed by atoms with Gasteiger partial charge in [0.1, 0.15) is 6.04 Å². The molecule has 32 heavy (non-hydrogen) atoms. The summed E-state index contributed by atoms with van der Waals surface area (Å²) < 4.78 is 10.6. The van der Waals surface area contributed by atoms with Crippen LogP contribution in [0.1, 0.15) is 42.5 Å². The minimum atomic E-state index is -0.394. The van der Waals surface area contributed by atoms with E-state index in [2.05, 4.69) is 15.5 Å². The van der Waals surface area contributed by atoms with Crippen molar-refractivity contribution in [2.24, 2.45) is 5.41 Å². The number of imide groups is 1. The van der Waals surface area contributed by atoms with Crippen LogP contribution in [0.5, 0.6) is 11.5 Å². The molecular formula is C23H32N4O5. The molecule has 3 saturated heterocycles. The van der Waals surface area contributed by atoms with Crippen molar-refractivity contribution < 1.29 is 23.9 Å². The monoisotopic (exact) mass is 444 g/mol. The molecule has 3 aliphatic heterocycles. The number of unbranched alkanes of at least 4 members (excludes halogenated alkanes) is 1. The first kappa shape index (κ1) is 22.4. The predicted octanol–water partition coefficient (Wildman–Crippen LogP) is 1.62. The highest BCUT2D eigenvalue weighted by molar-refractivity contribution is 6.04. The number of rotatable bonds is 8. The summed E-state index contributed by atoms with van der Waals surface area (Å²) in [4.78, 5) is 40.3. The molecule has 3 aliphatic rings. The maximum atomic E-state index is 13.1. The maximum absolute atomic E-state index is 13.1. The number of likely N-dealkylation sites (tertiary alicyclic amines) is 2. The number of methoxy groups -OCH3 is 2. The SMILES string of the molecule is COc1ccc(C(=O)N2CCC3(CCN(CCCCC4NC(=O)NC4=O)C3)C2)cc1OC. The molecule has 174 valence electrons. The van der Waals surface area contributed by atoms with Gasteiger partial charge >= 0.3 is 6.03 Å². The van der Waals surface area contributed by atoms with Gasteiger partial charge in [-0.1, -0.05) is 0 Å². The van der Waals surface area contributed by atoms with Gasteiger partial charge in [0.15, 0.2) is 11.5 Å². The number of hydrogen-bond donors (Lipinski definition) is 2. The standard InChI is InChI=1S/C23H32N4O5/c1-31-18-7-6-16(13-19(18)32-2)21(29)27-12-9-23(15-27)8-11-26(14-23)10-4-3-5-17-20(28)25-22(30)24-17/h6-7,13,17H,3-5,8-12,14-15H2,1-2H3,(H2,24,25,28,30). The lowest BCUT2D eigenvalue weighted by Gasteiger charge is -2.25. The molecule has 3 heterocycles. The molecule has 4 rings (SSSR count). The van der Waals surface area contributed by atoms with Crippen molar-refractivity contribution in [2.45, 2.75) is 38.1 Å². The van der Waals surface area contributed by atoms with Crippen LogP contribution in [0.2, 0.25) is 0 Å². The summed E-state index contributed by atoms with van der Waals surface area (Å²) in [5, 5.41) is 4.92. The number of carbonyl (C=O) groups excluding carboxylic acids is 3. The van der Waals surface area contributed by atoms with E-state index in [9.17, 15) is 14.4 Å². The molecule has 1 aromatic rings. The fourth-order valence-corrected chi connectivity index (χ4v) is 5.16. The summed E-state index contributed by atoms with van der Waals surface area (Å²) in [7, 11) is 3.15. The van der Waals surface area contributed by atoms with Crippen molar-refractivity contribution in [3.8, 4) is 11.5 Å². The van der Waals surface area contributed by atoms with Gasteiger partial charge in [-0.05, 0) is 63.4 Å². The van der Waals surface area contributed by atoms with E-state index in [0.29, 0.717) is 23.5 Å². The van der Waals surface area contributed by atoms with Crippen molar-refractivity contribution in [1.29, 1.82) is 0 Å². The molecule has 0 aliphatic carbocycles. The first-order valence-electron chi connectivity index (χ1n) is 11.3. The molecule has 9 heteroatoms. The first-order chi connectivity index (χ1) is 15.4. The first-order valence-corrected chi connectivity index (χ1v) is 11.3. The number of ether oxygens (including phenoxy) is 2. The van der Waals surface area contributed by atoms with Crippen LogP contribution in [0.15, 0.2) is 18.2 Å². The molecule has 2 atom stereocenters. The Morgan fingerprint density at radius 2 is 1.88 bits per heavy atom. The van der Waals surface area contributed by atoms with Gasteiger partial charge in [0, 0.05) is 30.6 Å². The number of carbonyl (C=O) groups is 3. The van der Waals surface area contributed by atoms with E-state index >= 15 is 0 Å². The Labute approximate surface area is 188 Å². The number of amides is 4. The Bertz CT molecular complexity index is 891. The maximum Gasteiger partial charge on any atom is 0.322 e. The fraction of sp³-hybridized carbons (Fsp3) is 0.609. The topological polar surface area (TPSA) is 100 Å².